The van der Waals surface area contributed by atoms with Gasteiger partial charge in [-0.05, 0) is 43.5 Å². The molecule has 2 aromatic rings. The monoisotopic (exact) mass is 379 g/mol. The Kier molecular flexibility index (Phi) is 5.93. The third-order valence-electron chi connectivity index (χ3n) is 6.17. The molecule has 0 atom stereocenters. The average Bonchev–Trinajstić information content (AvgIpc) is 2.71. The van der Waals surface area contributed by atoms with Crippen LogP contribution < -0.4 is 4.90 Å². The van der Waals surface area contributed by atoms with Gasteiger partial charge in [0.1, 0.15) is 0 Å². The molecule has 3 heterocycles. The lowest BCUT2D eigenvalue weighted by molar-refractivity contribution is 0.242. The molecule has 1 saturated heterocycles. The SMILES string of the molecule is CCCN1CCN(c2ncc3c(n2)CCN(Cc2ccc(C)c(C)c2)C3)CC1. The van der Waals surface area contributed by atoms with Crippen LogP contribution >= 0.6 is 0 Å². The summed E-state index contributed by atoms with van der Waals surface area (Å²) >= 11 is 0. The fraction of sp³-hybridized carbons (Fsp3) is 0.565. The topological polar surface area (TPSA) is 35.5 Å². The van der Waals surface area contributed by atoms with Gasteiger partial charge in [-0.3, -0.25) is 9.80 Å². The van der Waals surface area contributed by atoms with Gasteiger partial charge < -0.3 is 4.90 Å². The van der Waals surface area contributed by atoms with Gasteiger partial charge in [0, 0.05) is 64.0 Å². The first-order valence-electron chi connectivity index (χ1n) is 10.7. The van der Waals surface area contributed by atoms with Crippen molar-refractivity contribution in [1.82, 2.24) is 19.8 Å². The molecule has 28 heavy (non-hydrogen) atoms. The number of rotatable bonds is 5. The van der Waals surface area contributed by atoms with E-state index in [1.165, 1.54) is 40.9 Å². The van der Waals surface area contributed by atoms with E-state index in [1.54, 1.807) is 0 Å². The lowest BCUT2D eigenvalue weighted by Crippen LogP contribution is -2.47. The Balaban J connectivity index is 1.38. The van der Waals surface area contributed by atoms with Gasteiger partial charge in [0.05, 0.1) is 5.69 Å². The van der Waals surface area contributed by atoms with E-state index < -0.39 is 0 Å². The fourth-order valence-corrected chi connectivity index (χ4v) is 4.30. The fourth-order valence-electron chi connectivity index (χ4n) is 4.30. The van der Waals surface area contributed by atoms with Crippen LogP contribution in [0.3, 0.4) is 0 Å². The summed E-state index contributed by atoms with van der Waals surface area (Å²) in [5.41, 5.74) is 6.68. The molecule has 5 nitrogen and oxygen atoms in total. The number of piperazine rings is 1. The van der Waals surface area contributed by atoms with E-state index in [2.05, 4.69) is 59.9 Å². The minimum absolute atomic E-state index is 0.928. The van der Waals surface area contributed by atoms with Gasteiger partial charge in [-0.15, -0.1) is 0 Å². The normalized spacial score (nSPS) is 18.3. The minimum atomic E-state index is 0.928. The van der Waals surface area contributed by atoms with Crippen molar-refractivity contribution >= 4 is 5.95 Å². The van der Waals surface area contributed by atoms with Gasteiger partial charge in [0.15, 0.2) is 0 Å². The number of aryl methyl sites for hydroxylation is 2. The van der Waals surface area contributed by atoms with Gasteiger partial charge in [-0.1, -0.05) is 25.1 Å². The second kappa shape index (κ2) is 8.58. The molecule has 1 aromatic carbocycles. The van der Waals surface area contributed by atoms with Crippen molar-refractivity contribution in [3.63, 3.8) is 0 Å². The predicted octanol–water partition coefficient (Wildman–Crippen LogP) is 3.18. The van der Waals surface area contributed by atoms with E-state index in [9.17, 15) is 0 Å². The average molecular weight is 380 g/mol. The number of aromatic nitrogens is 2. The van der Waals surface area contributed by atoms with Crippen LogP contribution in [0, 0.1) is 13.8 Å². The van der Waals surface area contributed by atoms with Crippen LogP contribution in [0.15, 0.2) is 24.4 Å². The van der Waals surface area contributed by atoms with Crippen molar-refractivity contribution in [2.75, 3.05) is 44.2 Å². The lowest BCUT2D eigenvalue weighted by atomic mass is 10.0. The van der Waals surface area contributed by atoms with Gasteiger partial charge >= 0.3 is 0 Å². The minimum Gasteiger partial charge on any atom is -0.338 e. The molecule has 150 valence electrons. The molecule has 0 amide bonds. The van der Waals surface area contributed by atoms with Gasteiger partial charge in [-0.2, -0.15) is 0 Å². The molecule has 5 heteroatoms. The summed E-state index contributed by atoms with van der Waals surface area (Å²) in [6.45, 7) is 15.2. The summed E-state index contributed by atoms with van der Waals surface area (Å²) in [4.78, 5) is 17.1. The highest BCUT2D eigenvalue weighted by Crippen LogP contribution is 2.22. The summed E-state index contributed by atoms with van der Waals surface area (Å²) in [5, 5.41) is 0. The molecule has 0 aliphatic carbocycles. The second-order valence-electron chi connectivity index (χ2n) is 8.35. The summed E-state index contributed by atoms with van der Waals surface area (Å²) in [6, 6.07) is 6.82. The maximum absolute atomic E-state index is 4.94. The first kappa shape index (κ1) is 19.3. The smallest absolute Gasteiger partial charge is 0.225 e. The molecule has 0 N–H and O–H groups in total. The second-order valence-corrected chi connectivity index (χ2v) is 8.35. The van der Waals surface area contributed by atoms with Crippen LogP contribution in [0.1, 0.15) is 41.3 Å². The van der Waals surface area contributed by atoms with Crippen molar-refractivity contribution in [3.05, 3.63) is 52.3 Å². The Bertz CT molecular complexity index is 811. The summed E-state index contributed by atoms with van der Waals surface area (Å²) < 4.78 is 0. The number of anilines is 1. The van der Waals surface area contributed by atoms with Crippen molar-refractivity contribution in [3.8, 4) is 0 Å². The Morgan fingerprint density at radius 2 is 1.79 bits per heavy atom. The molecule has 0 spiro atoms. The quantitative estimate of drug-likeness (QED) is 0.797. The van der Waals surface area contributed by atoms with Crippen molar-refractivity contribution in [2.45, 2.75) is 46.7 Å². The van der Waals surface area contributed by atoms with E-state index >= 15 is 0 Å². The maximum Gasteiger partial charge on any atom is 0.225 e. The van der Waals surface area contributed by atoms with E-state index in [-0.39, 0.29) is 0 Å². The van der Waals surface area contributed by atoms with Crippen LogP contribution in [0.25, 0.3) is 0 Å². The molecule has 0 saturated carbocycles. The molecular weight excluding hydrogens is 346 g/mol. The van der Waals surface area contributed by atoms with Crippen LogP contribution in [0.4, 0.5) is 5.95 Å². The van der Waals surface area contributed by atoms with Gasteiger partial charge in [0.25, 0.3) is 0 Å². The zero-order valence-corrected chi connectivity index (χ0v) is 17.6. The number of hydrogen-bond acceptors (Lipinski definition) is 5. The molecule has 2 aliphatic heterocycles. The van der Waals surface area contributed by atoms with Crippen molar-refractivity contribution in [2.24, 2.45) is 0 Å². The number of benzene rings is 1. The third kappa shape index (κ3) is 4.36. The van der Waals surface area contributed by atoms with E-state index in [4.69, 9.17) is 9.97 Å². The largest absolute Gasteiger partial charge is 0.338 e. The standard InChI is InChI=1S/C23H33N5/c1-4-8-26-10-12-28(13-11-26)23-24-15-21-17-27(9-7-22(21)25-23)16-20-6-5-18(2)19(3)14-20/h5-6,14-15H,4,7-13,16-17H2,1-3H3. The van der Waals surface area contributed by atoms with E-state index in [0.717, 1.165) is 58.2 Å². The first-order chi connectivity index (χ1) is 13.6. The van der Waals surface area contributed by atoms with Crippen molar-refractivity contribution in [1.29, 1.82) is 0 Å². The van der Waals surface area contributed by atoms with Gasteiger partial charge in [-0.25, -0.2) is 9.97 Å². The maximum atomic E-state index is 4.94. The van der Waals surface area contributed by atoms with Crippen LogP contribution in [0.2, 0.25) is 0 Å². The van der Waals surface area contributed by atoms with E-state index in [0.29, 0.717) is 0 Å². The Morgan fingerprint density at radius 3 is 2.54 bits per heavy atom. The van der Waals surface area contributed by atoms with E-state index in [1.807, 2.05) is 0 Å². The Morgan fingerprint density at radius 1 is 0.964 bits per heavy atom. The van der Waals surface area contributed by atoms with Crippen LogP contribution in [-0.4, -0.2) is 59.0 Å². The molecule has 0 bridgehead atoms. The summed E-state index contributed by atoms with van der Waals surface area (Å²) in [5.74, 6) is 0.928. The van der Waals surface area contributed by atoms with Crippen LogP contribution in [-0.2, 0) is 19.5 Å². The van der Waals surface area contributed by atoms with Crippen molar-refractivity contribution < 1.29 is 0 Å². The molecule has 0 radical (unpaired) electrons. The Hall–Kier alpha value is -1.98. The molecule has 1 fully saturated rings. The predicted molar refractivity (Wildman–Crippen MR) is 115 cm³/mol. The number of fused-ring (bicyclic) bond motifs is 1. The summed E-state index contributed by atoms with van der Waals surface area (Å²) in [6.07, 6.45) is 4.32. The van der Waals surface area contributed by atoms with Crippen LogP contribution in [0.5, 0.6) is 0 Å². The molecule has 0 unspecified atom stereocenters. The highest BCUT2D eigenvalue weighted by Gasteiger charge is 2.22. The Labute approximate surface area is 169 Å². The summed E-state index contributed by atoms with van der Waals surface area (Å²) in [7, 11) is 0. The third-order valence-corrected chi connectivity index (χ3v) is 6.17. The molecule has 4 rings (SSSR count). The molecule has 1 aromatic heterocycles. The zero-order chi connectivity index (χ0) is 19.5. The highest BCUT2D eigenvalue weighted by molar-refractivity contribution is 5.35. The molecular formula is C23H33N5. The highest BCUT2D eigenvalue weighted by atomic mass is 15.3. The molecule has 2 aliphatic rings. The van der Waals surface area contributed by atoms with Gasteiger partial charge in [0.2, 0.25) is 5.95 Å². The zero-order valence-electron chi connectivity index (χ0n) is 17.6. The first-order valence-corrected chi connectivity index (χ1v) is 10.7. The lowest BCUT2D eigenvalue weighted by Gasteiger charge is -2.35. The number of nitrogens with zero attached hydrogens (tertiary/aromatic N) is 5. The number of hydrogen-bond donors (Lipinski definition) is 0.